The number of aromatic hydroxyl groups is 1. The van der Waals surface area contributed by atoms with E-state index in [0.717, 1.165) is 5.56 Å². The van der Waals surface area contributed by atoms with Crippen molar-refractivity contribution in [3.63, 3.8) is 0 Å². The van der Waals surface area contributed by atoms with Gasteiger partial charge in [0.2, 0.25) is 5.91 Å². The average Bonchev–Trinajstić information content (AvgIpc) is 2.43. The number of amides is 1. The van der Waals surface area contributed by atoms with E-state index in [-0.39, 0.29) is 23.0 Å². The number of benzene rings is 1. The Balaban J connectivity index is 2.43. The molecule has 0 aromatic heterocycles. The molecule has 4 nitrogen and oxygen atoms in total. The molecule has 0 bridgehead atoms. The van der Waals surface area contributed by atoms with E-state index in [4.69, 9.17) is 0 Å². The summed E-state index contributed by atoms with van der Waals surface area (Å²) in [5, 5.41) is 22.6. The van der Waals surface area contributed by atoms with Gasteiger partial charge in [-0.15, -0.1) is 0 Å². The summed E-state index contributed by atoms with van der Waals surface area (Å²) in [6.45, 7) is 8.26. The first-order chi connectivity index (χ1) is 9.74. The van der Waals surface area contributed by atoms with Gasteiger partial charge in [-0.3, -0.25) is 4.79 Å². The molecule has 4 heteroatoms. The third-order valence-corrected chi connectivity index (χ3v) is 3.79. The lowest BCUT2D eigenvalue weighted by Gasteiger charge is -2.33. The number of rotatable bonds is 7. The molecule has 0 spiro atoms. The number of phenols is 1. The van der Waals surface area contributed by atoms with Crippen LogP contribution in [-0.2, 0) is 11.2 Å². The molecule has 118 valence electrons. The van der Waals surface area contributed by atoms with Crippen molar-refractivity contribution in [2.75, 3.05) is 6.54 Å². The SMILES string of the molecule is CC(C)C(O)C(C)(C)CNC(=O)CCc1ccccc1O. The standard InChI is InChI=1S/C17H27NO3/c1-12(2)16(21)17(3,4)11-18-15(20)10-9-13-7-5-6-8-14(13)19/h5-8,12,16,19,21H,9-11H2,1-4H3,(H,18,20). The van der Waals surface area contributed by atoms with Crippen molar-refractivity contribution in [3.8, 4) is 5.75 Å². The van der Waals surface area contributed by atoms with Crippen molar-refractivity contribution in [1.29, 1.82) is 0 Å². The number of para-hydroxylation sites is 1. The maximum atomic E-state index is 11.9. The Kier molecular flexibility index (Phi) is 6.21. The minimum atomic E-state index is -0.462. The second kappa shape index (κ2) is 7.46. The summed E-state index contributed by atoms with van der Waals surface area (Å²) in [4.78, 5) is 11.9. The fourth-order valence-corrected chi connectivity index (χ4v) is 2.39. The third kappa shape index (κ3) is 5.38. The van der Waals surface area contributed by atoms with Crippen LogP contribution in [-0.4, -0.2) is 28.8 Å². The summed E-state index contributed by atoms with van der Waals surface area (Å²) in [6, 6.07) is 7.04. The largest absolute Gasteiger partial charge is 0.508 e. The number of aryl methyl sites for hydroxylation is 1. The first-order valence-electron chi connectivity index (χ1n) is 7.45. The van der Waals surface area contributed by atoms with Gasteiger partial charge in [0, 0.05) is 18.4 Å². The summed E-state index contributed by atoms with van der Waals surface area (Å²) in [5.41, 5.74) is 0.410. The Hall–Kier alpha value is -1.55. The molecular formula is C17H27NO3. The molecule has 0 heterocycles. The van der Waals surface area contributed by atoms with Crippen LogP contribution < -0.4 is 5.32 Å². The molecular weight excluding hydrogens is 266 g/mol. The second-order valence-corrected chi connectivity index (χ2v) is 6.58. The first kappa shape index (κ1) is 17.5. The zero-order chi connectivity index (χ0) is 16.0. The van der Waals surface area contributed by atoms with Gasteiger partial charge in [0.1, 0.15) is 5.75 Å². The number of carbonyl (C=O) groups is 1. The molecule has 0 radical (unpaired) electrons. The van der Waals surface area contributed by atoms with E-state index in [0.29, 0.717) is 19.4 Å². The number of nitrogens with one attached hydrogen (secondary N) is 1. The highest BCUT2D eigenvalue weighted by Gasteiger charge is 2.30. The van der Waals surface area contributed by atoms with Gasteiger partial charge in [-0.1, -0.05) is 45.9 Å². The van der Waals surface area contributed by atoms with Crippen LogP contribution in [0.4, 0.5) is 0 Å². The average molecular weight is 293 g/mol. The maximum absolute atomic E-state index is 11.9. The molecule has 1 aromatic carbocycles. The van der Waals surface area contributed by atoms with Crippen molar-refractivity contribution in [2.45, 2.75) is 46.6 Å². The molecule has 1 unspecified atom stereocenters. The van der Waals surface area contributed by atoms with Gasteiger partial charge in [-0.2, -0.15) is 0 Å². The number of hydrogen-bond acceptors (Lipinski definition) is 3. The molecule has 21 heavy (non-hydrogen) atoms. The van der Waals surface area contributed by atoms with Crippen LogP contribution in [0.5, 0.6) is 5.75 Å². The molecule has 1 amide bonds. The van der Waals surface area contributed by atoms with Crippen molar-refractivity contribution < 1.29 is 15.0 Å². The summed E-state index contributed by atoms with van der Waals surface area (Å²) >= 11 is 0. The van der Waals surface area contributed by atoms with Crippen LogP contribution in [0.1, 0.15) is 39.7 Å². The quantitative estimate of drug-likeness (QED) is 0.723. The number of hydrogen-bond donors (Lipinski definition) is 3. The molecule has 0 aliphatic rings. The third-order valence-electron chi connectivity index (χ3n) is 3.79. The highest BCUT2D eigenvalue weighted by molar-refractivity contribution is 5.76. The van der Waals surface area contributed by atoms with Gasteiger partial charge in [-0.05, 0) is 24.0 Å². The van der Waals surface area contributed by atoms with Crippen molar-refractivity contribution in [1.82, 2.24) is 5.32 Å². The van der Waals surface area contributed by atoms with Gasteiger partial charge >= 0.3 is 0 Å². The van der Waals surface area contributed by atoms with Gasteiger partial charge in [-0.25, -0.2) is 0 Å². The van der Waals surface area contributed by atoms with Crippen LogP contribution in [0.15, 0.2) is 24.3 Å². The second-order valence-electron chi connectivity index (χ2n) is 6.58. The molecule has 1 rings (SSSR count). The highest BCUT2D eigenvalue weighted by atomic mass is 16.3. The van der Waals surface area contributed by atoms with Crippen LogP contribution in [0.3, 0.4) is 0 Å². The van der Waals surface area contributed by atoms with Crippen molar-refractivity contribution in [3.05, 3.63) is 29.8 Å². The topological polar surface area (TPSA) is 69.6 Å². The zero-order valence-corrected chi connectivity index (χ0v) is 13.4. The monoisotopic (exact) mass is 293 g/mol. The zero-order valence-electron chi connectivity index (χ0n) is 13.4. The Morgan fingerprint density at radius 2 is 1.90 bits per heavy atom. The number of carbonyl (C=O) groups excluding carboxylic acids is 1. The molecule has 1 atom stereocenters. The Labute approximate surface area is 127 Å². The van der Waals surface area contributed by atoms with Gasteiger partial charge in [0.25, 0.3) is 0 Å². The summed E-state index contributed by atoms with van der Waals surface area (Å²) in [5.74, 6) is 0.307. The van der Waals surface area contributed by atoms with Crippen LogP contribution in [0, 0.1) is 11.3 Å². The molecule has 0 fully saturated rings. The first-order valence-corrected chi connectivity index (χ1v) is 7.45. The Morgan fingerprint density at radius 1 is 1.29 bits per heavy atom. The fraction of sp³-hybridized carbons (Fsp3) is 0.588. The fourth-order valence-electron chi connectivity index (χ4n) is 2.39. The van der Waals surface area contributed by atoms with E-state index in [1.165, 1.54) is 0 Å². The highest BCUT2D eigenvalue weighted by Crippen LogP contribution is 2.25. The number of aliphatic hydroxyl groups excluding tert-OH is 1. The van der Waals surface area contributed by atoms with Crippen LogP contribution in [0.2, 0.25) is 0 Å². The molecule has 0 saturated heterocycles. The predicted molar refractivity (Wildman–Crippen MR) is 84.1 cm³/mol. The smallest absolute Gasteiger partial charge is 0.220 e. The van der Waals surface area contributed by atoms with Crippen LogP contribution in [0.25, 0.3) is 0 Å². The van der Waals surface area contributed by atoms with Crippen LogP contribution >= 0.6 is 0 Å². The van der Waals surface area contributed by atoms with Crippen molar-refractivity contribution in [2.24, 2.45) is 11.3 Å². The molecule has 0 aliphatic heterocycles. The molecule has 3 N–H and O–H groups in total. The normalized spacial score (nSPS) is 13.2. The Bertz CT molecular complexity index is 469. The van der Waals surface area contributed by atoms with Gasteiger partial charge in [0.15, 0.2) is 0 Å². The van der Waals surface area contributed by atoms with E-state index in [1.807, 2.05) is 39.8 Å². The minimum Gasteiger partial charge on any atom is -0.508 e. The number of phenolic OH excluding ortho intramolecular Hbond substituents is 1. The summed E-state index contributed by atoms with van der Waals surface area (Å²) < 4.78 is 0. The van der Waals surface area contributed by atoms with E-state index in [9.17, 15) is 15.0 Å². The van der Waals surface area contributed by atoms with Gasteiger partial charge in [0.05, 0.1) is 6.10 Å². The summed E-state index contributed by atoms with van der Waals surface area (Å²) in [6.07, 6.45) is 0.368. The number of aliphatic hydroxyl groups is 1. The van der Waals surface area contributed by atoms with E-state index < -0.39 is 6.10 Å². The molecule has 1 aromatic rings. The molecule has 0 saturated carbocycles. The van der Waals surface area contributed by atoms with E-state index in [1.54, 1.807) is 12.1 Å². The Morgan fingerprint density at radius 3 is 2.48 bits per heavy atom. The lowest BCUT2D eigenvalue weighted by atomic mass is 9.80. The summed E-state index contributed by atoms with van der Waals surface area (Å²) in [7, 11) is 0. The lowest BCUT2D eigenvalue weighted by molar-refractivity contribution is -0.122. The minimum absolute atomic E-state index is 0.0673. The van der Waals surface area contributed by atoms with Gasteiger partial charge < -0.3 is 15.5 Å². The van der Waals surface area contributed by atoms with Crippen molar-refractivity contribution >= 4 is 5.91 Å². The predicted octanol–water partition coefficient (Wildman–Crippen LogP) is 2.48. The molecule has 0 aliphatic carbocycles. The maximum Gasteiger partial charge on any atom is 0.220 e. The van der Waals surface area contributed by atoms with E-state index in [2.05, 4.69) is 5.32 Å². The van der Waals surface area contributed by atoms with E-state index >= 15 is 0 Å². The lowest BCUT2D eigenvalue weighted by Crippen LogP contribution is -2.43.